The number of fused-ring (bicyclic) bond motifs is 1. The third-order valence-electron chi connectivity index (χ3n) is 3.53. The Morgan fingerprint density at radius 1 is 1.05 bits per heavy atom. The molecule has 21 heavy (non-hydrogen) atoms. The lowest BCUT2D eigenvalue weighted by molar-refractivity contribution is 1.12. The van der Waals surface area contributed by atoms with E-state index in [4.69, 9.17) is 23.2 Å². The van der Waals surface area contributed by atoms with Gasteiger partial charge in [-0.05, 0) is 37.6 Å². The van der Waals surface area contributed by atoms with Crippen LogP contribution in [0.25, 0.3) is 5.65 Å². The van der Waals surface area contributed by atoms with E-state index in [1.807, 2.05) is 53.9 Å². The number of para-hydroxylation sites is 1. The van der Waals surface area contributed by atoms with Crippen LogP contribution in [0.3, 0.4) is 0 Å². The second-order valence-corrected chi connectivity index (χ2v) is 5.90. The number of hydrogen-bond acceptors (Lipinski definition) is 2. The van der Waals surface area contributed by atoms with Gasteiger partial charge in [-0.1, -0.05) is 29.3 Å². The summed E-state index contributed by atoms with van der Waals surface area (Å²) in [7, 11) is 1.96. The second-order valence-electron chi connectivity index (χ2n) is 5.09. The molecule has 0 saturated heterocycles. The summed E-state index contributed by atoms with van der Waals surface area (Å²) in [6.45, 7) is 4.04. The number of rotatable bonds is 2. The van der Waals surface area contributed by atoms with Crippen LogP contribution in [0.4, 0.5) is 11.4 Å². The Labute approximate surface area is 133 Å². The van der Waals surface area contributed by atoms with Crippen molar-refractivity contribution < 1.29 is 0 Å². The Bertz CT molecular complexity index is 803. The maximum atomic E-state index is 6.33. The summed E-state index contributed by atoms with van der Waals surface area (Å²) in [5.41, 5.74) is 4.77. The predicted molar refractivity (Wildman–Crippen MR) is 89.2 cm³/mol. The molecule has 3 rings (SSSR count). The van der Waals surface area contributed by atoms with Gasteiger partial charge in [0, 0.05) is 19.4 Å². The third kappa shape index (κ3) is 2.37. The van der Waals surface area contributed by atoms with E-state index in [9.17, 15) is 0 Å². The molecule has 0 bridgehead atoms. The van der Waals surface area contributed by atoms with Crippen molar-refractivity contribution in [3.63, 3.8) is 0 Å². The zero-order valence-electron chi connectivity index (χ0n) is 12.1. The van der Waals surface area contributed by atoms with Crippen LogP contribution in [-0.2, 0) is 0 Å². The normalized spacial score (nSPS) is 11.1. The topological polar surface area (TPSA) is 20.5 Å². The van der Waals surface area contributed by atoms with Crippen LogP contribution in [-0.4, -0.2) is 16.4 Å². The lowest BCUT2D eigenvalue weighted by Crippen LogP contribution is -2.13. The lowest BCUT2D eigenvalue weighted by atomic mass is 10.2. The highest BCUT2D eigenvalue weighted by Gasteiger charge is 2.18. The smallest absolute Gasteiger partial charge is 0.161 e. The van der Waals surface area contributed by atoms with Crippen LogP contribution in [0.5, 0.6) is 0 Å². The number of halogens is 2. The summed E-state index contributed by atoms with van der Waals surface area (Å²) in [6, 6.07) is 7.58. The Hall–Kier alpha value is -1.71. The minimum absolute atomic E-state index is 0.620. The highest BCUT2D eigenvalue weighted by molar-refractivity contribution is 6.39. The molecule has 3 aromatic rings. The molecule has 108 valence electrons. The molecule has 0 atom stereocenters. The van der Waals surface area contributed by atoms with Gasteiger partial charge in [0.2, 0.25) is 0 Å². The predicted octanol–water partition coefficient (Wildman–Crippen LogP) is 5.03. The van der Waals surface area contributed by atoms with E-state index in [1.165, 1.54) is 0 Å². The van der Waals surface area contributed by atoms with Crippen LogP contribution in [0.1, 0.15) is 11.3 Å². The maximum Gasteiger partial charge on any atom is 0.161 e. The first-order chi connectivity index (χ1) is 9.99. The summed E-state index contributed by atoms with van der Waals surface area (Å²) < 4.78 is 2.01. The Morgan fingerprint density at radius 3 is 2.38 bits per heavy atom. The lowest BCUT2D eigenvalue weighted by Gasteiger charge is -2.24. The second kappa shape index (κ2) is 5.24. The molecule has 0 amide bonds. The molecular formula is C16H15Cl2N3. The molecule has 1 aromatic carbocycles. The van der Waals surface area contributed by atoms with E-state index in [2.05, 4.69) is 18.0 Å². The van der Waals surface area contributed by atoms with Crippen LogP contribution in [0, 0.1) is 13.8 Å². The molecule has 0 aliphatic heterocycles. The monoisotopic (exact) mass is 319 g/mol. The highest BCUT2D eigenvalue weighted by Crippen LogP contribution is 2.39. The SMILES string of the molecule is Cc1cn2ccc(C)c(N(C)c3c(Cl)cccc3Cl)c2n1. The van der Waals surface area contributed by atoms with E-state index in [0.717, 1.165) is 28.3 Å². The van der Waals surface area contributed by atoms with Gasteiger partial charge >= 0.3 is 0 Å². The van der Waals surface area contributed by atoms with E-state index in [-0.39, 0.29) is 0 Å². The fraction of sp³-hybridized carbons (Fsp3) is 0.188. The van der Waals surface area contributed by atoms with Crippen molar-refractivity contribution in [3.8, 4) is 0 Å². The van der Waals surface area contributed by atoms with Crippen molar-refractivity contribution in [2.45, 2.75) is 13.8 Å². The molecule has 5 heteroatoms. The first kappa shape index (κ1) is 14.2. The number of aryl methyl sites for hydroxylation is 2. The maximum absolute atomic E-state index is 6.33. The molecule has 0 aliphatic carbocycles. The first-order valence-electron chi connectivity index (χ1n) is 6.61. The van der Waals surface area contributed by atoms with Gasteiger partial charge in [0.1, 0.15) is 0 Å². The van der Waals surface area contributed by atoms with Crippen molar-refractivity contribution in [1.29, 1.82) is 0 Å². The third-order valence-corrected chi connectivity index (χ3v) is 4.14. The van der Waals surface area contributed by atoms with Crippen LogP contribution in [0.15, 0.2) is 36.7 Å². The van der Waals surface area contributed by atoms with Crippen molar-refractivity contribution in [2.75, 3.05) is 11.9 Å². The average molecular weight is 320 g/mol. The van der Waals surface area contributed by atoms with Crippen LogP contribution >= 0.6 is 23.2 Å². The largest absolute Gasteiger partial charge is 0.339 e. The van der Waals surface area contributed by atoms with Gasteiger partial charge in [-0.2, -0.15) is 0 Å². The van der Waals surface area contributed by atoms with Gasteiger partial charge in [-0.25, -0.2) is 4.98 Å². The van der Waals surface area contributed by atoms with Crippen molar-refractivity contribution in [3.05, 3.63) is 58.0 Å². The van der Waals surface area contributed by atoms with E-state index in [1.54, 1.807) is 0 Å². The number of imidazole rings is 1. The summed E-state index contributed by atoms with van der Waals surface area (Å²) >= 11 is 12.7. The zero-order chi connectivity index (χ0) is 15.1. The number of hydrogen-bond donors (Lipinski definition) is 0. The van der Waals surface area contributed by atoms with E-state index >= 15 is 0 Å². The van der Waals surface area contributed by atoms with Gasteiger partial charge in [0.25, 0.3) is 0 Å². The minimum atomic E-state index is 0.620. The number of nitrogens with zero attached hydrogens (tertiary/aromatic N) is 3. The average Bonchev–Trinajstić information content (AvgIpc) is 2.78. The Morgan fingerprint density at radius 2 is 1.71 bits per heavy atom. The van der Waals surface area contributed by atoms with Crippen molar-refractivity contribution >= 4 is 40.2 Å². The van der Waals surface area contributed by atoms with Gasteiger partial charge in [-0.15, -0.1) is 0 Å². The summed E-state index contributed by atoms with van der Waals surface area (Å²) in [6.07, 6.45) is 4.01. The quantitative estimate of drug-likeness (QED) is 0.660. The molecule has 0 saturated carbocycles. The number of benzene rings is 1. The number of aromatic nitrogens is 2. The molecule has 3 nitrogen and oxygen atoms in total. The molecule has 0 unspecified atom stereocenters. The minimum Gasteiger partial charge on any atom is -0.339 e. The number of pyridine rings is 1. The van der Waals surface area contributed by atoms with Gasteiger partial charge < -0.3 is 9.30 Å². The molecule has 2 aromatic heterocycles. The molecule has 0 fully saturated rings. The fourth-order valence-electron chi connectivity index (χ4n) is 2.59. The number of anilines is 2. The van der Waals surface area contributed by atoms with Gasteiger partial charge in [-0.3, -0.25) is 0 Å². The zero-order valence-corrected chi connectivity index (χ0v) is 13.6. The Kier molecular flexibility index (Phi) is 3.56. The van der Waals surface area contributed by atoms with Gasteiger partial charge in [0.15, 0.2) is 5.65 Å². The van der Waals surface area contributed by atoms with Crippen LogP contribution in [0.2, 0.25) is 10.0 Å². The molecule has 2 heterocycles. The van der Waals surface area contributed by atoms with Crippen LogP contribution < -0.4 is 4.90 Å². The fourth-order valence-corrected chi connectivity index (χ4v) is 3.24. The van der Waals surface area contributed by atoms with Crippen molar-refractivity contribution in [1.82, 2.24) is 9.38 Å². The molecule has 0 aliphatic rings. The highest BCUT2D eigenvalue weighted by atomic mass is 35.5. The Balaban J connectivity index is 2.26. The molecular weight excluding hydrogens is 305 g/mol. The molecule has 0 N–H and O–H groups in total. The van der Waals surface area contributed by atoms with E-state index in [0.29, 0.717) is 10.0 Å². The summed E-state index contributed by atoms with van der Waals surface area (Å²) in [5, 5.41) is 1.24. The van der Waals surface area contributed by atoms with Gasteiger partial charge in [0.05, 0.1) is 27.1 Å². The van der Waals surface area contributed by atoms with E-state index < -0.39 is 0 Å². The summed E-state index contributed by atoms with van der Waals surface area (Å²) in [5.74, 6) is 0. The first-order valence-corrected chi connectivity index (χ1v) is 7.37. The standard InChI is InChI=1S/C16H15Cl2N3/c1-10-7-8-21-9-11(2)19-16(21)14(10)20(3)15-12(17)5-4-6-13(15)18/h4-9H,1-3H3. The van der Waals surface area contributed by atoms with Crippen molar-refractivity contribution in [2.24, 2.45) is 0 Å². The molecule has 0 spiro atoms. The summed E-state index contributed by atoms with van der Waals surface area (Å²) in [4.78, 5) is 6.62. The molecule has 0 radical (unpaired) electrons.